The minimum absolute atomic E-state index is 0.109. The van der Waals surface area contributed by atoms with Gasteiger partial charge in [-0.15, -0.1) is 0 Å². The van der Waals surface area contributed by atoms with E-state index in [1.807, 2.05) is 19.1 Å². The molecule has 0 aliphatic heterocycles. The number of anilines is 1. The zero-order valence-electron chi connectivity index (χ0n) is 10.4. The summed E-state index contributed by atoms with van der Waals surface area (Å²) in [6.07, 6.45) is 1.66. The van der Waals surface area contributed by atoms with Crippen molar-refractivity contribution in [2.75, 3.05) is 5.73 Å². The fraction of sp³-hybridized carbons (Fsp3) is 0.143. The fourth-order valence-corrected chi connectivity index (χ4v) is 1.76. The number of pyridine rings is 1. The van der Waals surface area contributed by atoms with E-state index in [9.17, 15) is 4.79 Å². The lowest BCUT2D eigenvalue weighted by molar-refractivity contribution is 0.0468. The van der Waals surface area contributed by atoms with E-state index in [4.69, 9.17) is 22.1 Å². The minimum atomic E-state index is -0.509. The highest BCUT2D eigenvalue weighted by Crippen LogP contribution is 2.19. The van der Waals surface area contributed by atoms with Gasteiger partial charge in [-0.2, -0.15) is 0 Å². The third-order valence-corrected chi connectivity index (χ3v) is 2.93. The zero-order valence-corrected chi connectivity index (χ0v) is 11.1. The number of nitrogen functional groups attached to an aromatic ring is 1. The molecule has 0 spiro atoms. The third-order valence-electron chi connectivity index (χ3n) is 2.69. The van der Waals surface area contributed by atoms with Crippen LogP contribution in [0.15, 0.2) is 36.5 Å². The SMILES string of the molecule is Cc1cccnc1COC(=O)c1cc(Cl)ccc1N. The number of carbonyl (C=O) groups is 1. The van der Waals surface area contributed by atoms with Gasteiger partial charge in [0.1, 0.15) is 6.61 Å². The molecule has 0 aliphatic rings. The van der Waals surface area contributed by atoms with Crippen LogP contribution in [0.1, 0.15) is 21.6 Å². The molecule has 2 N–H and O–H groups in total. The van der Waals surface area contributed by atoms with E-state index in [0.717, 1.165) is 11.3 Å². The van der Waals surface area contributed by atoms with Crippen LogP contribution in [0, 0.1) is 6.92 Å². The highest BCUT2D eigenvalue weighted by Gasteiger charge is 2.12. The van der Waals surface area contributed by atoms with Crippen LogP contribution in [0.4, 0.5) is 5.69 Å². The third kappa shape index (κ3) is 3.23. The van der Waals surface area contributed by atoms with E-state index < -0.39 is 5.97 Å². The van der Waals surface area contributed by atoms with Crippen molar-refractivity contribution in [3.8, 4) is 0 Å². The Morgan fingerprint density at radius 3 is 2.95 bits per heavy atom. The van der Waals surface area contributed by atoms with Crippen molar-refractivity contribution in [3.05, 3.63) is 58.4 Å². The summed E-state index contributed by atoms with van der Waals surface area (Å²) in [5, 5.41) is 0.440. The highest BCUT2D eigenvalue weighted by atomic mass is 35.5. The maximum absolute atomic E-state index is 11.9. The molecule has 5 heteroatoms. The maximum atomic E-state index is 11.9. The van der Waals surface area contributed by atoms with Crippen LogP contribution in [-0.4, -0.2) is 11.0 Å². The minimum Gasteiger partial charge on any atom is -0.456 e. The Morgan fingerprint density at radius 2 is 2.21 bits per heavy atom. The first-order valence-corrected chi connectivity index (χ1v) is 6.08. The molecule has 0 amide bonds. The second-order valence-electron chi connectivity index (χ2n) is 4.07. The fourth-order valence-electron chi connectivity index (χ4n) is 1.59. The van der Waals surface area contributed by atoms with E-state index in [1.54, 1.807) is 18.3 Å². The lowest BCUT2D eigenvalue weighted by Crippen LogP contribution is -2.09. The predicted octanol–water partition coefficient (Wildman–Crippen LogP) is 2.98. The first-order valence-electron chi connectivity index (χ1n) is 5.70. The number of rotatable bonds is 3. The summed E-state index contributed by atoms with van der Waals surface area (Å²) in [5.41, 5.74) is 8.00. The molecule has 0 saturated heterocycles. The van der Waals surface area contributed by atoms with Gasteiger partial charge < -0.3 is 10.5 Å². The monoisotopic (exact) mass is 276 g/mol. The van der Waals surface area contributed by atoms with Crippen LogP contribution < -0.4 is 5.73 Å². The Kier molecular flexibility index (Phi) is 4.02. The molecule has 2 aromatic rings. The van der Waals surface area contributed by atoms with Gasteiger partial charge in [0.05, 0.1) is 11.3 Å². The van der Waals surface area contributed by atoms with Crippen LogP contribution in [0.3, 0.4) is 0 Å². The molecule has 0 bridgehead atoms. The van der Waals surface area contributed by atoms with Crippen LogP contribution in [0.2, 0.25) is 5.02 Å². The first-order chi connectivity index (χ1) is 9.08. The van der Waals surface area contributed by atoms with E-state index in [2.05, 4.69) is 4.98 Å². The summed E-state index contributed by atoms with van der Waals surface area (Å²) in [7, 11) is 0. The molecule has 98 valence electrons. The van der Waals surface area contributed by atoms with Crippen molar-refractivity contribution >= 4 is 23.3 Å². The van der Waals surface area contributed by atoms with E-state index >= 15 is 0 Å². The number of aryl methyl sites for hydroxylation is 1. The number of nitrogens with two attached hydrogens (primary N) is 1. The normalized spacial score (nSPS) is 10.2. The Bertz CT molecular complexity index is 614. The molecule has 1 heterocycles. The highest BCUT2D eigenvalue weighted by molar-refractivity contribution is 6.31. The van der Waals surface area contributed by atoms with Gasteiger partial charge in [-0.25, -0.2) is 4.79 Å². The van der Waals surface area contributed by atoms with Gasteiger partial charge in [-0.1, -0.05) is 17.7 Å². The van der Waals surface area contributed by atoms with Gasteiger partial charge in [0.25, 0.3) is 0 Å². The van der Waals surface area contributed by atoms with Gasteiger partial charge in [-0.3, -0.25) is 4.98 Å². The molecular weight excluding hydrogens is 264 g/mol. The Balaban J connectivity index is 2.10. The molecule has 4 nitrogen and oxygen atoms in total. The van der Waals surface area contributed by atoms with Crippen LogP contribution in [0.25, 0.3) is 0 Å². The summed E-state index contributed by atoms with van der Waals surface area (Å²) in [4.78, 5) is 16.1. The van der Waals surface area contributed by atoms with Gasteiger partial charge in [0.15, 0.2) is 0 Å². The number of hydrogen-bond acceptors (Lipinski definition) is 4. The summed E-state index contributed by atoms with van der Waals surface area (Å²) >= 11 is 5.83. The second kappa shape index (κ2) is 5.71. The maximum Gasteiger partial charge on any atom is 0.340 e. The van der Waals surface area contributed by atoms with E-state index in [-0.39, 0.29) is 12.2 Å². The molecule has 0 fully saturated rings. The Hall–Kier alpha value is -2.07. The summed E-state index contributed by atoms with van der Waals surface area (Å²) in [6.45, 7) is 2.02. The number of nitrogens with zero attached hydrogens (tertiary/aromatic N) is 1. The second-order valence-corrected chi connectivity index (χ2v) is 4.51. The molecule has 19 heavy (non-hydrogen) atoms. The molecule has 1 aromatic carbocycles. The zero-order chi connectivity index (χ0) is 13.8. The average molecular weight is 277 g/mol. The average Bonchev–Trinajstić information content (AvgIpc) is 2.40. The van der Waals surface area contributed by atoms with Gasteiger partial charge in [0, 0.05) is 16.9 Å². The Morgan fingerprint density at radius 1 is 1.42 bits per heavy atom. The number of esters is 1. The standard InChI is InChI=1S/C14H13ClN2O2/c1-9-3-2-6-17-13(9)8-19-14(18)11-7-10(15)4-5-12(11)16/h2-7H,8,16H2,1H3. The summed E-state index contributed by atoms with van der Waals surface area (Å²) < 4.78 is 5.19. The lowest BCUT2D eigenvalue weighted by atomic mass is 10.2. The van der Waals surface area contributed by atoms with Crippen molar-refractivity contribution in [1.29, 1.82) is 0 Å². The van der Waals surface area contributed by atoms with Crippen molar-refractivity contribution in [2.45, 2.75) is 13.5 Å². The largest absolute Gasteiger partial charge is 0.456 e. The molecule has 0 atom stereocenters. The Labute approximate surface area is 116 Å². The first kappa shape index (κ1) is 13.4. The number of ether oxygens (including phenoxy) is 1. The lowest BCUT2D eigenvalue weighted by Gasteiger charge is -2.08. The molecule has 0 aliphatic carbocycles. The van der Waals surface area contributed by atoms with Gasteiger partial charge >= 0.3 is 5.97 Å². The van der Waals surface area contributed by atoms with Crippen LogP contribution in [-0.2, 0) is 11.3 Å². The summed E-state index contributed by atoms with van der Waals surface area (Å²) in [6, 6.07) is 8.42. The van der Waals surface area contributed by atoms with E-state index in [0.29, 0.717) is 10.7 Å². The van der Waals surface area contributed by atoms with Crippen LogP contribution in [0.5, 0.6) is 0 Å². The number of aromatic nitrogens is 1. The van der Waals surface area contributed by atoms with Crippen molar-refractivity contribution in [1.82, 2.24) is 4.98 Å². The molecule has 0 radical (unpaired) electrons. The number of halogens is 1. The van der Waals surface area contributed by atoms with Gasteiger partial charge in [-0.05, 0) is 36.8 Å². The van der Waals surface area contributed by atoms with Crippen LogP contribution >= 0.6 is 11.6 Å². The van der Waals surface area contributed by atoms with Crippen molar-refractivity contribution in [3.63, 3.8) is 0 Å². The predicted molar refractivity (Wildman–Crippen MR) is 74.0 cm³/mol. The quantitative estimate of drug-likeness (QED) is 0.691. The smallest absolute Gasteiger partial charge is 0.340 e. The molecular formula is C14H13ClN2O2. The van der Waals surface area contributed by atoms with Crippen molar-refractivity contribution < 1.29 is 9.53 Å². The number of carbonyl (C=O) groups excluding carboxylic acids is 1. The van der Waals surface area contributed by atoms with Gasteiger partial charge in [0.2, 0.25) is 0 Å². The molecule has 0 saturated carbocycles. The topological polar surface area (TPSA) is 65.2 Å². The molecule has 1 aromatic heterocycles. The van der Waals surface area contributed by atoms with E-state index in [1.165, 1.54) is 6.07 Å². The molecule has 0 unspecified atom stereocenters. The number of hydrogen-bond donors (Lipinski definition) is 1. The number of benzene rings is 1. The van der Waals surface area contributed by atoms with Crippen molar-refractivity contribution in [2.24, 2.45) is 0 Å². The molecule has 2 rings (SSSR count). The summed E-state index contributed by atoms with van der Waals surface area (Å²) in [5.74, 6) is -0.509.